The Morgan fingerprint density at radius 1 is 1.14 bits per heavy atom. The van der Waals surface area contributed by atoms with Gasteiger partial charge in [-0.05, 0) is 50.7 Å². The summed E-state index contributed by atoms with van der Waals surface area (Å²) in [4.78, 5) is 16.9. The van der Waals surface area contributed by atoms with Gasteiger partial charge in [0, 0.05) is 19.6 Å². The topological polar surface area (TPSA) is 42.0 Å². The fraction of sp³-hybridized carbons (Fsp3) is 0.588. The van der Waals surface area contributed by atoms with Crippen LogP contribution < -0.4 is 9.47 Å². The lowest BCUT2D eigenvalue weighted by Gasteiger charge is -2.26. The summed E-state index contributed by atoms with van der Waals surface area (Å²) < 4.78 is 11.0. The number of nitrogens with zero attached hydrogens (tertiary/aromatic N) is 2. The van der Waals surface area contributed by atoms with E-state index < -0.39 is 6.10 Å². The van der Waals surface area contributed by atoms with Crippen molar-refractivity contribution in [2.45, 2.75) is 25.9 Å². The van der Waals surface area contributed by atoms with Crippen LogP contribution in [0.2, 0.25) is 0 Å². The summed E-state index contributed by atoms with van der Waals surface area (Å²) in [6.45, 7) is 5.53. The maximum atomic E-state index is 12.7. The molecule has 1 aliphatic rings. The predicted octanol–water partition coefficient (Wildman–Crippen LogP) is 2.02. The molecule has 22 heavy (non-hydrogen) atoms. The van der Waals surface area contributed by atoms with Crippen molar-refractivity contribution in [1.29, 1.82) is 0 Å². The number of hydrogen-bond donors (Lipinski definition) is 0. The third kappa shape index (κ3) is 4.37. The Kier molecular flexibility index (Phi) is 6.07. The summed E-state index contributed by atoms with van der Waals surface area (Å²) in [5.74, 6) is 1.57. The Hall–Kier alpha value is -1.75. The molecule has 1 aliphatic heterocycles. The molecule has 0 N–H and O–H groups in total. The lowest BCUT2D eigenvalue weighted by atomic mass is 10.2. The van der Waals surface area contributed by atoms with Gasteiger partial charge in [-0.15, -0.1) is 0 Å². The molecule has 1 saturated heterocycles. The van der Waals surface area contributed by atoms with Crippen LogP contribution in [0.4, 0.5) is 0 Å². The van der Waals surface area contributed by atoms with E-state index in [1.807, 2.05) is 36.1 Å². The monoisotopic (exact) mass is 306 g/mol. The number of methoxy groups -OCH3 is 1. The summed E-state index contributed by atoms with van der Waals surface area (Å²) >= 11 is 0. The Morgan fingerprint density at radius 3 is 2.45 bits per heavy atom. The molecule has 0 aliphatic carbocycles. The van der Waals surface area contributed by atoms with Crippen LogP contribution >= 0.6 is 0 Å². The smallest absolute Gasteiger partial charge is 0.263 e. The van der Waals surface area contributed by atoms with Crippen LogP contribution in [-0.4, -0.2) is 62.1 Å². The molecule has 5 heteroatoms. The van der Waals surface area contributed by atoms with Gasteiger partial charge in [0.15, 0.2) is 6.10 Å². The first-order chi connectivity index (χ1) is 10.6. The number of benzene rings is 1. The van der Waals surface area contributed by atoms with Crippen LogP contribution in [0.1, 0.15) is 19.8 Å². The highest BCUT2D eigenvalue weighted by Crippen LogP contribution is 2.20. The maximum absolute atomic E-state index is 12.7. The van der Waals surface area contributed by atoms with Crippen LogP contribution in [0.3, 0.4) is 0 Å². The Bertz CT molecular complexity index is 475. The Morgan fingerprint density at radius 2 is 1.82 bits per heavy atom. The van der Waals surface area contributed by atoms with E-state index in [4.69, 9.17) is 9.47 Å². The molecule has 0 saturated carbocycles. The van der Waals surface area contributed by atoms with E-state index in [0.717, 1.165) is 38.3 Å². The van der Waals surface area contributed by atoms with Crippen molar-refractivity contribution in [1.82, 2.24) is 9.80 Å². The number of ether oxygens (including phenoxy) is 2. The van der Waals surface area contributed by atoms with Crippen LogP contribution in [0.25, 0.3) is 0 Å². The molecular weight excluding hydrogens is 280 g/mol. The molecule has 1 atom stereocenters. The Labute approximate surface area is 132 Å². The van der Waals surface area contributed by atoms with Crippen LogP contribution in [0, 0.1) is 0 Å². The number of carbonyl (C=O) groups excluding carboxylic acids is 1. The standard InChI is InChI=1S/C17H26N2O3/c1-4-16(22-15-8-6-14(21-3)7-9-15)17(20)19-11-5-10-18(2)12-13-19/h6-9,16H,4-5,10-13H2,1-3H3/t16-/m0/s1. The average molecular weight is 306 g/mol. The minimum atomic E-state index is -0.420. The molecule has 0 radical (unpaired) electrons. The summed E-state index contributed by atoms with van der Waals surface area (Å²) in [6, 6.07) is 7.36. The molecule has 5 nitrogen and oxygen atoms in total. The predicted molar refractivity (Wildman–Crippen MR) is 86.4 cm³/mol. The van der Waals surface area contributed by atoms with Crippen molar-refractivity contribution in [2.24, 2.45) is 0 Å². The second-order valence-corrected chi connectivity index (χ2v) is 5.67. The molecule has 122 valence electrons. The SMILES string of the molecule is CC[C@H](Oc1ccc(OC)cc1)C(=O)N1CCCN(C)CC1. The van der Waals surface area contributed by atoms with Crippen LogP contribution in [-0.2, 0) is 4.79 Å². The van der Waals surface area contributed by atoms with Crippen molar-refractivity contribution in [3.05, 3.63) is 24.3 Å². The van der Waals surface area contributed by atoms with E-state index in [0.29, 0.717) is 12.2 Å². The van der Waals surface area contributed by atoms with Crippen molar-refractivity contribution < 1.29 is 14.3 Å². The average Bonchev–Trinajstić information content (AvgIpc) is 2.77. The number of hydrogen-bond acceptors (Lipinski definition) is 4. The molecule has 1 aromatic rings. The van der Waals surface area contributed by atoms with Crippen molar-refractivity contribution in [3.63, 3.8) is 0 Å². The van der Waals surface area contributed by atoms with E-state index in [9.17, 15) is 4.79 Å². The minimum Gasteiger partial charge on any atom is -0.497 e. The zero-order chi connectivity index (χ0) is 15.9. The first-order valence-electron chi connectivity index (χ1n) is 7.92. The molecule has 0 spiro atoms. The summed E-state index contributed by atoms with van der Waals surface area (Å²) in [7, 11) is 3.73. The maximum Gasteiger partial charge on any atom is 0.263 e. The minimum absolute atomic E-state index is 0.0913. The van der Waals surface area contributed by atoms with Gasteiger partial charge in [-0.25, -0.2) is 0 Å². The van der Waals surface area contributed by atoms with E-state index in [2.05, 4.69) is 11.9 Å². The van der Waals surface area contributed by atoms with Crippen molar-refractivity contribution in [3.8, 4) is 11.5 Å². The van der Waals surface area contributed by atoms with Gasteiger partial charge in [0.2, 0.25) is 0 Å². The fourth-order valence-corrected chi connectivity index (χ4v) is 2.60. The molecule has 1 fully saturated rings. The Balaban J connectivity index is 1.98. The third-order valence-corrected chi connectivity index (χ3v) is 4.02. The molecule has 1 heterocycles. The molecular formula is C17H26N2O3. The summed E-state index contributed by atoms with van der Waals surface area (Å²) in [6.07, 6.45) is 1.26. The van der Waals surface area contributed by atoms with Crippen molar-refractivity contribution >= 4 is 5.91 Å². The first-order valence-corrected chi connectivity index (χ1v) is 7.92. The van der Waals surface area contributed by atoms with Gasteiger partial charge in [0.1, 0.15) is 11.5 Å². The first kappa shape index (κ1) is 16.6. The lowest BCUT2D eigenvalue weighted by Crippen LogP contribution is -2.43. The zero-order valence-corrected chi connectivity index (χ0v) is 13.7. The molecule has 1 amide bonds. The van der Waals surface area contributed by atoms with Gasteiger partial charge in [-0.1, -0.05) is 6.92 Å². The quantitative estimate of drug-likeness (QED) is 0.834. The second-order valence-electron chi connectivity index (χ2n) is 5.67. The molecule has 0 aromatic heterocycles. The van der Waals surface area contributed by atoms with E-state index in [1.165, 1.54) is 0 Å². The second kappa shape index (κ2) is 8.03. The van der Waals surface area contributed by atoms with E-state index in [-0.39, 0.29) is 5.91 Å². The summed E-state index contributed by atoms with van der Waals surface area (Å²) in [5, 5.41) is 0. The van der Waals surface area contributed by atoms with E-state index in [1.54, 1.807) is 7.11 Å². The third-order valence-electron chi connectivity index (χ3n) is 4.02. The van der Waals surface area contributed by atoms with Gasteiger partial charge in [-0.2, -0.15) is 0 Å². The highest BCUT2D eigenvalue weighted by atomic mass is 16.5. The number of amides is 1. The summed E-state index contributed by atoms with van der Waals surface area (Å²) in [5.41, 5.74) is 0. The highest BCUT2D eigenvalue weighted by molar-refractivity contribution is 5.81. The fourth-order valence-electron chi connectivity index (χ4n) is 2.60. The van der Waals surface area contributed by atoms with Gasteiger partial charge >= 0.3 is 0 Å². The molecule has 0 bridgehead atoms. The number of carbonyl (C=O) groups is 1. The van der Waals surface area contributed by atoms with Gasteiger partial charge in [0.05, 0.1) is 7.11 Å². The molecule has 0 unspecified atom stereocenters. The highest BCUT2D eigenvalue weighted by Gasteiger charge is 2.25. The van der Waals surface area contributed by atoms with Gasteiger partial charge < -0.3 is 19.3 Å². The van der Waals surface area contributed by atoms with Crippen LogP contribution in [0.5, 0.6) is 11.5 Å². The normalized spacial score (nSPS) is 17.7. The molecule has 2 rings (SSSR count). The lowest BCUT2D eigenvalue weighted by molar-refractivity contribution is -0.138. The zero-order valence-electron chi connectivity index (χ0n) is 13.7. The van der Waals surface area contributed by atoms with Gasteiger partial charge in [0.25, 0.3) is 5.91 Å². The van der Waals surface area contributed by atoms with E-state index >= 15 is 0 Å². The number of likely N-dealkylation sites (N-methyl/N-ethyl adjacent to an activating group) is 1. The number of rotatable bonds is 5. The largest absolute Gasteiger partial charge is 0.497 e. The van der Waals surface area contributed by atoms with Gasteiger partial charge in [-0.3, -0.25) is 4.79 Å². The van der Waals surface area contributed by atoms with Crippen molar-refractivity contribution in [2.75, 3.05) is 40.3 Å². The van der Waals surface area contributed by atoms with Crippen LogP contribution in [0.15, 0.2) is 24.3 Å². The molecule has 1 aromatic carbocycles.